The number of thiophene rings is 1. The van der Waals surface area contributed by atoms with Gasteiger partial charge in [0.25, 0.3) is 0 Å². The highest BCUT2D eigenvalue weighted by molar-refractivity contribution is 7.17. The zero-order valence-corrected chi connectivity index (χ0v) is 8.10. The molecule has 1 aromatic heterocycles. The second kappa shape index (κ2) is 3.35. The Kier molecular flexibility index (Phi) is 2.17. The zero-order valence-electron chi connectivity index (χ0n) is 7.29. The highest BCUT2D eigenvalue weighted by Gasteiger charge is 2.11. The summed E-state index contributed by atoms with van der Waals surface area (Å²) in [4.78, 5) is 11.4. The summed E-state index contributed by atoms with van der Waals surface area (Å²) in [6.45, 7) is 3.41. The molecule has 0 radical (unpaired) electrons. The third kappa shape index (κ3) is 1.26. The minimum Gasteiger partial charge on any atom is -0.289 e. The van der Waals surface area contributed by atoms with Crippen LogP contribution in [0.15, 0.2) is 36.2 Å². The molecular formula is C11H7FOS. The third-order valence-corrected chi connectivity index (χ3v) is 3.01. The number of carbonyl (C=O) groups is 1. The molecule has 0 saturated heterocycles. The monoisotopic (exact) mass is 206 g/mol. The summed E-state index contributed by atoms with van der Waals surface area (Å²) in [6, 6.07) is 4.73. The Morgan fingerprint density at radius 3 is 3.00 bits per heavy atom. The van der Waals surface area contributed by atoms with Crippen molar-refractivity contribution >= 4 is 27.2 Å². The van der Waals surface area contributed by atoms with Gasteiger partial charge in [-0.25, -0.2) is 4.39 Å². The van der Waals surface area contributed by atoms with Gasteiger partial charge < -0.3 is 0 Å². The van der Waals surface area contributed by atoms with Gasteiger partial charge in [0.15, 0.2) is 5.78 Å². The molecule has 1 aromatic carbocycles. The van der Waals surface area contributed by atoms with Crippen molar-refractivity contribution in [1.29, 1.82) is 0 Å². The van der Waals surface area contributed by atoms with Crippen LogP contribution in [0.4, 0.5) is 4.39 Å². The van der Waals surface area contributed by atoms with E-state index >= 15 is 0 Å². The molecule has 0 aliphatic rings. The molecule has 0 unspecified atom stereocenters. The Morgan fingerprint density at radius 2 is 2.29 bits per heavy atom. The third-order valence-electron chi connectivity index (χ3n) is 2.00. The maximum absolute atomic E-state index is 13.2. The van der Waals surface area contributed by atoms with Crippen molar-refractivity contribution in [3.63, 3.8) is 0 Å². The van der Waals surface area contributed by atoms with Crippen molar-refractivity contribution < 1.29 is 9.18 Å². The van der Waals surface area contributed by atoms with E-state index in [0.29, 0.717) is 15.6 Å². The number of allylic oxidation sites excluding steroid dienone is 1. The maximum Gasteiger partial charge on any atom is 0.186 e. The van der Waals surface area contributed by atoms with Crippen molar-refractivity contribution in [2.75, 3.05) is 0 Å². The molecule has 0 bridgehead atoms. The van der Waals surface area contributed by atoms with Crippen molar-refractivity contribution in [2.45, 2.75) is 0 Å². The number of hydrogen-bond acceptors (Lipinski definition) is 2. The number of carbonyl (C=O) groups excluding carboxylic acids is 1. The molecule has 0 saturated carbocycles. The van der Waals surface area contributed by atoms with Crippen LogP contribution < -0.4 is 0 Å². The van der Waals surface area contributed by atoms with Gasteiger partial charge in [-0.3, -0.25) is 4.79 Å². The molecule has 2 aromatic rings. The van der Waals surface area contributed by atoms with Gasteiger partial charge in [0.2, 0.25) is 0 Å². The van der Waals surface area contributed by atoms with Gasteiger partial charge in [0.1, 0.15) is 5.82 Å². The smallest absolute Gasteiger partial charge is 0.186 e. The largest absolute Gasteiger partial charge is 0.289 e. The van der Waals surface area contributed by atoms with Gasteiger partial charge in [-0.1, -0.05) is 18.7 Å². The van der Waals surface area contributed by atoms with E-state index in [9.17, 15) is 9.18 Å². The van der Waals surface area contributed by atoms with Crippen LogP contribution in [0.5, 0.6) is 0 Å². The topological polar surface area (TPSA) is 17.1 Å². The summed E-state index contributed by atoms with van der Waals surface area (Å²) in [5.41, 5.74) is 0.527. The molecule has 14 heavy (non-hydrogen) atoms. The predicted molar refractivity (Wildman–Crippen MR) is 56.3 cm³/mol. The summed E-state index contributed by atoms with van der Waals surface area (Å²) in [5, 5.41) is 2.33. The van der Waals surface area contributed by atoms with E-state index in [1.807, 2.05) is 0 Å². The Labute approximate surface area is 84.5 Å². The molecule has 2 rings (SSSR count). The lowest BCUT2D eigenvalue weighted by Gasteiger charge is -1.93. The van der Waals surface area contributed by atoms with E-state index in [1.165, 1.54) is 23.5 Å². The molecule has 0 N–H and O–H groups in total. The van der Waals surface area contributed by atoms with Crippen molar-refractivity contribution in [1.82, 2.24) is 0 Å². The maximum atomic E-state index is 13.2. The van der Waals surface area contributed by atoms with E-state index in [4.69, 9.17) is 0 Å². The number of rotatable bonds is 2. The minimum absolute atomic E-state index is 0.165. The zero-order chi connectivity index (χ0) is 10.1. The van der Waals surface area contributed by atoms with Gasteiger partial charge in [0, 0.05) is 16.3 Å². The highest BCUT2D eigenvalue weighted by atomic mass is 32.1. The summed E-state index contributed by atoms with van der Waals surface area (Å²) < 4.78 is 13.8. The molecule has 0 aliphatic carbocycles. The van der Waals surface area contributed by atoms with Crippen molar-refractivity contribution in [3.05, 3.63) is 47.6 Å². The van der Waals surface area contributed by atoms with Gasteiger partial charge in [-0.05, 0) is 12.1 Å². The van der Waals surface area contributed by atoms with Crippen molar-refractivity contribution in [3.8, 4) is 0 Å². The lowest BCUT2D eigenvalue weighted by Crippen LogP contribution is -1.90. The van der Waals surface area contributed by atoms with Crippen LogP contribution in [0.25, 0.3) is 10.1 Å². The number of hydrogen-bond donors (Lipinski definition) is 0. The number of ketones is 1. The second-order valence-corrected chi connectivity index (χ2v) is 3.71. The number of fused-ring (bicyclic) bond motifs is 1. The molecular weight excluding hydrogens is 199 g/mol. The normalized spacial score (nSPS) is 10.4. The molecule has 3 heteroatoms. The first-order valence-corrected chi connectivity index (χ1v) is 4.94. The molecule has 70 valence electrons. The summed E-state index contributed by atoms with van der Waals surface area (Å²) in [7, 11) is 0. The summed E-state index contributed by atoms with van der Waals surface area (Å²) in [6.07, 6.45) is 1.24. The predicted octanol–water partition coefficient (Wildman–Crippen LogP) is 3.41. The fraction of sp³-hybridized carbons (Fsp3) is 0. The molecule has 0 spiro atoms. The average Bonchev–Trinajstić information content (AvgIpc) is 2.62. The lowest BCUT2D eigenvalue weighted by molar-refractivity contribution is 0.104. The van der Waals surface area contributed by atoms with Gasteiger partial charge in [-0.2, -0.15) is 0 Å². The molecule has 0 aliphatic heterocycles. The Hall–Kier alpha value is -1.48. The van der Waals surface area contributed by atoms with Crippen LogP contribution in [-0.2, 0) is 0 Å². The molecule has 1 nitrogen and oxygen atoms in total. The van der Waals surface area contributed by atoms with Gasteiger partial charge >= 0.3 is 0 Å². The Bertz CT molecular complexity index is 513. The fourth-order valence-corrected chi connectivity index (χ4v) is 2.29. The van der Waals surface area contributed by atoms with E-state index < -0.39 is 0 Å². The molecule has 1 heterocycles. The van der Waals surface area contributed by atoms with Gasteiger partial charge in [-0.15, -0.1) is 11.3 Å². The first kappa shape index (κ1) is 9.09. The first-order valence-electron chi connectivity index (χ1n) is 4.06. The van der Waals surface area contributed by atoms with Crippen LogP contribution in [-0.4, -0.2) is 5.78 Å². The standard InChI is InChI=1S/C11H7FOS/c1-2-10(13)8-6-14-11-7(8)4-3-5-9(11)12/h2-6H,1H2. The van der Waals surface area contributed by atoms with Crippen LogP contribution in [0.3, 0.4) is 0 Å². The van der Waals surface area contributed by atoms with E-state index in [0.717, 1.165) is 0 Å². The van der Waals surface area contributed by atoms with E-state index in [1.54, 1.807) is 17.5 Å². The van der Waals surface area contributed by atoms with Crippen LogP contribution >= 0.6 is 11.3 Å². The molecule has 0 fully saturated rings. The van der Waals surface area contributed by atoms with Gasteiger partial charge in [0.05, 0.1) is 4.70 Å². The van der Waals surface area contributed by atoms with E-state index in [2.05, 4.69) is 6.58 Å². The summed E-state index contributed by atoms with van der Waals surface area (Å²) >= 11 is 1.24. The van der Waals surface area contributed by atoms with E-state index in [-0.39, 0.29) is 11.6 Å². The van der Waals surface area contributed by atoms with Crippen LogP contribution in [0.2, 0.25) is 0 Å². The number of halogens is 1. The number of benzene rings is 1. The Morgan fingerprint density at radius 1 is 1.50 bits per heavy atom. The quantitative estimate of drug-likeness (QED) is 0.543. The molecule has 0 atom stereocenters. The Balaban J connectivity index is 2.75. The summed E-state index contributed by atoms with van der Waals surface area (Å²) in [5.74, 6) is -0.447. The first-order chi connectivity index (χ1) is 6.74. The average molecular weight is 206 g/mol. The second-order valence-electron chi connectivity index (χ2n) is 2.83. The van der Waals surface area contributed by atoms with Crippen molar-refractivity contribution in [2.24, 2.45) is 0 Å². The highest BCUT2D eigenvalue weighted by Crippen LogP contribution is 2.28. The fourth-order valence-electron chi connectivity index (χ4n) is 1.32. The SMILES string of the molecule is C=CC(=O)c1csc2c(F)cccc12. The van der Waals surface area contributed by atoms with Crippen LogP contribution in [0, 0.1) is 5.82 Å². The minimum atomic E-state index is -0.282. The lowest BCUT2D eigenvalue weighted by atomic mass is 10.1. The van der Waals surface area contributed by atoms with Crippen LogP contribution in [0.1, 0.15) is 10.4 Å². The molecule has 0 amide bonds.